The average molecular weight is 322 g/mol. The van der Waals surface area contributed by atoms with Gasteiger partial charge in [-0.1, -0.05) is 12.1 Å². The lowest BCUT2D eigenvalue weighted by Crippen LogP contribution is -2.59. The highest BCUT2D eigenvalue weighted by Crippen LogP contribution is 2.38. The van der Waals surface area contributed by atoms with Crippen LogP contribution in [0.5, 0.6) is 0 Å². The van der Waals surface area contributed by atoms with Gasteiger partial charge in [-0.05, 0) is 50.2 Å². The number of para-hydroxylation sites is 1. The monoisotopic (exact) mass is 322 g/mol. The molecule has 2 N–H and O–H groups in total. The Kier molecular flexibility index (Phi) is 3.67. The van der Waals surface area contributed by atoms with Crippen molar-refractivity contribution in [1.29, 1.82) is 0 Å². The standard InChI is InChI=1S/C16H22N2O3S/c1-11-4-3-5-13-14(11)17-16(18-15(13)19)8-6-12(7-9-16)10-22(2,20)21/h3-5,12,17H,6-10H2,1-2H3,(H,18,19). The number of carbonyl (C=O) groups excluding carboxylic acids is 1. The Balaban J connectivity index is 1.78. The van der Waals surface area contributed by atoms with Gasteiger partial charge in [0.15, 0.2) is 0 Å². The fraction of sp³-hybridized carbons (Fsp3) is 0.562. The lowest BCUT2D eigenvalue weighted by molar-refractivity contribution is 0.0863. The molecule has 3 rings (SSSR count). The van der Waals surface area contributed by atoms with Gasteiger partial charge in [0.1, 0.15) is 15.5 Å². The quantitative estimate of drug-likeness (QED) is 0.874. The van der Waals surface area contributed by atoms with Crippen LogP contribution in [0.2, 0.25) is 0 Å². The van der Waals surface area contributed by atoms with E-state index in [0.29, 0.717) is 5.56 Å². The Bertz CT molecular complexity index is 704. The Morgan fingerprint density at radius 2 is 1.91 bits per heavy atom. The number of anilines is 1. The number of rotatable bonds is 2. The Morgan fingerprint density at radius 3 is 2.55 bits per heavy atom. The van der Waals surface area contributed by atoms with Gasteiger partial charge in [0.25, 0.3) is 5.91 Å². The van der Waals surface area contributed by atoms with Crippen LogP contribution in [0.15, 0.2) is 18.2 Å². The van der Waals surface area contributed by atoms with Crippen LogP contribution in [0.1, 0.15) is 41.6 Å². The Labute approximate surface area is 131 Å². The first-order valence-corrected chi connectivity index (χ1v) is 9.72. The molecule has 22 heavy (non-hydrogen) atoms. The third kappa shape index (κ3) is 2.97. The number of carbonyl (C=O) groups is 1. The van der Waals surface area contributed by atoms with Crippen molar-refractivity contribution in [2.24, 2.45) is 5.92 Å². The minimum atomic E-state index is -2.94. The summed E-state index contributed by atoms with van der Waals surface area (Å²) in [6.45, 7) is 1.99. The van der Waals surface area contributed by atoms with Crippen LogP contribution >= 0.6 is 0 Å². The molecule has 0 bridgehead atoms. The molecule has 6 heteroatoms. The summed E-state index contributed by atoms with van der Waals surface area (Å²) in [6, 6.07) is 5.71. The van der Waals surface area contributed by atoms with Gasteiger partial charge in [0.2, 0.25) is 0 Å². The van der Waals surface area contributed by atoms with E-state index >= 15 is 0 Å². The molecular weight excluding hydrogens is 300 g/mol. The fourth-order valence-corrected chi connectivity index (χ4v) is 4.78. The predicted octanol–water partition coefficient (Wildman–Crippen LogP) is 2.08. The van der Waals surface area contributed by atoms with Crippen molar-refractivity contribution in [2.75, 3.05) is 17.3 Å². The first-order valence-electron chi connectivity index (χ1n) is 7.66. The van der Waals surface area contributed by atoms with E-state index in [0.717, 1.165) is 36.9 Å². The molecule has 0 unspecified atom stereocenters. The van der Waals surface area contributed by atoms with E-state index in [1.807, 2.05) is 25.1 Å². The summed E-state index contributed by atoms with van der Waals surface area (Å²) in [7, 11) is -2.94. The van der Waals surface area contributed by atoms with Crippen LogP contribution in [0.3, 0.4) is 0 Å². The topological polar surface area (TPSA) is 75.3 Å². The number of hydrogen-bond donors (Lipinski definition) is 2. The zero-order valence-corrected chi connectivity index (χ0v) is 13.8. The molecule has 2 aliphatic rings. The first-order chi connectivity index (χ1) is 10.3. The molecule has 1 spiro atoms. The number of hydrogen-bond acceptors (Lipinski definition) is 4. The molecule has 120 valence electrons. The largest absolute Gasteiger partial charge is 0.362 e. The zero-order chi connectivity index (χ0) is 16.0. The molecule has 0 atom stereocenters. The molecule has 1 heterocycles. The molecular formula is C16H22N2O3S. The maximum absolute atomic E-state index is 12.4. The second-order valence-electron chi connectivity index (χ2n) is 6.69. The minimum Gasteiger partial charge on any atom is -0.362 e. The van der Waals surface area contributed by atoms with Gasteiger partial charge in [0.05, 0.1) is 17.0 Å². The third-order valence-electron chi connectivity index (χ3n) is 4.73. The van der Waals surface area contributed by atoms with Crippen molar-refractivity contribution >= 4 is 21.4 Å². The molecule has 5 nitrogen and oxygen atoms in total. The Hall–Kier alpha value is -1.56. The summed E-state index contributed by atoms with van der Waals surface area (Å²) in [5.41, 5.74) is 2.23. The lowest BCUT2D eigenvalue weighted by atomic mass is 9.81. The molecule has 1 saturated carbocycles. The van der Waals surface area contributed by atoms with Crippen LogP contribution in [0.25, 0.3) is 0 Å². The van der Waals surface area contributed by atoms with E-state index in [2.05, 4.69) is 10.6 Å². The SMILES string of the molecule is Cc1cccc2c1NC1(CCC(CS(C)(=O)=O)CC1)NC2=O. The van der Waals surface area contributed by atoms with Gasteiger partial charge in [-0.25, -0.2) is 8.42 Å². The van der Waals surface area contributed by atoms with E-state index in [4.69, 9.17) is 0 Å². The van der Waals surface area contributed by atoms with Crippen molar-refractivity contribution in [3.63, 3.8) is 0 Å². The Morgan fingerprint density at radius 1 is 1.23 bits per heavy atom. The predicted molar refractivity (Wildman–Crippen MR) is 86.7 cm³/mol. The van der Waals surface area contributed by atoms with Crippen LogP contribution in [-0.2, 0) is 9.84 Å². The van der Waals surface area contributed by atoms with Gasteiger partial charge in [-0.15, -0.1) is 0 Å². The van der Waals surface area contributed by atoms with Crippen molar-refractivity contribution in [2.45, 2.75) is 38.3 Å². The number of benzene rings is 1. The second-order valence-corrected chi connectivity index (χ2v) is 8.88. The van der Waals surface area contributed by atoms with E-state index < -0.39 is 15.5 Å². The molecule has 0 saturated heterocycles. The number of sulfone groups is 1. The number of amides is 1. The zero-order valence-electron chi connectivity index (χ0n) is 13.0. The third-order valence-corrected chi connectivity index (χ3v) is 5.81. The van der Waals surface area contributed by atoms with Crippen molar-refractivity contribution in [1.82, 2.24) is 5.32 Å². The van der Waals surface area contributed by atoms with E-state index in [-0.39, 0.29) is 17.6 Å². The van der Waals surface area contributed by atoms with Gasteiger partial charge in [-0.3, -0.25) is 4.79 Å². The van der Waals surface area contributed by atoms with Gasteiger partial charge >= 0.3 is 0 Å². The minimum absolute atomic E-state index is 0.0426. The smallest absolute Gasteiger partial charge is 0.255 e. The second kappa shape index (κ2) is 5.26. The maximum atomic E-state index is 12.4. The number of nitrogens with one attached hydrogen (secondary N) is 2. The molecule has 1 aromatic rings. The fourth-order valence-electron chi connectivity index (χ4n) is 3.59. The normalized spacial score (nSPS) is 27.9. The molecule has 1 amide bonds. The highest BCUT2D eigenvalue weighted by Gasteiger charge is 2.41. The molecule has 1 aliphatic heterocycles. The van der Waals surface area contributed by atoms with E-state index in [1.54, 1.807) is 0 Å². The van der Waals surface area contributed by atoms with E-state index in [9.17, 15) is 13.2 Å². The van der Waals surface area contributed by atoms with Gasteiger partial charge < -0.3 is 10.6 Å². The van der Waals surface area contributed by atoms with E-state index in [1.165, 1.54) is 6.26 Å². The van der Waals surface area contributed by atoms with Crippen LogP contribution in [-0.4, -0.2) is 32.0 Å². The highest BCUT2D eigenvalue weighted by molar-refractivity contribution is 7.90. The molecule has 1 aromatic carbocycles. The van der Waals surface area contributed by atoms with Crippen LogP contribution in [0.4, 0.5) is 5.69 Å². The molecule has 0 aromatic heterocycles. The average Bonchev–Trinajstić information content (AvgIpc) is 2.42. The number of aryl methyl sites for hydroxylation is 1. The van der Waals surface area contributed by atoms with Crippen LogP contribution in [0, 0.1) is 12.8 Å². The summed E-state index contributed by atoms with van der Waals surface area (Å²) >= 11 is 0. The summed E-state index contributed by atoms with van der Waals surface area (Å²) in [5.74, 6) is 0.392. The van der Waals surface area contributed by atoms with Gasteiger partial charge in [0, 0.05) is 6.26 Å². The molecule has 1 fully saturated rings. The molecule has 0 radical (unpaired) electrons. The molecule has 1 aliphatic carbocycles. The summed E-state index contributed by atoms with van der Waals surface area (Å²) in [6.07, 6.45) is 4.42. The van der Waals surface area contributed by atoms with Crippen LogP contribution < -0.4 is 10.6 Å². The van der Waals surface area contributed by atoms with Gasteiger partial charge in [-0.2, -0.15) is 0 Å². The highest BCUT2D eigenvalue weighted by atomic mass is 32.2. The summed E-state index contributed by atoms with van der Waals surface area (Å²) in [4.78, 5) is 12.4. The maximum Gasteiger partial charge on any atom is 0.255 e. The lowest BCUT2D eigenvalue weighted by Gasteiger charge is -2.45. The van der Waals surface area contributed by atoms with Crippen molar-refractivity contribution < 1.29 is 13.2 Å². The first kappa shape index (κ1) is 15.3. The summed E-state index contributed by atoms with van der Waals surface area (Å²) < 4.78 is 22.9. The van der Waals surface area contributed by atoms with Crippen molar-refractivity contribution in [3.8, 4) is 0 Å². The number of fused-ring (bicyclic) bond motifs is 1. The summed E-state index contributed by atoms with van der Waals surface area (Å²) in [5, 5.41) is 6.61. The van der Waals surface area contributed by atoms with Crippen molar-refractivity contribution in [3.05, 3.63) is 29.3 Å².